The van der Waals surface area contributed by atoms with Crippen LogP contribution in [0, 0.1) is 12.7 Å². The Hall–Kier alpha value is -3.92. The maximum atomic E-state index is 14.0. The number of aryl methyl sites for hydroxylation is 1. The van der Waals surface area contributed by atoms with Crippen LogP contribution in [0.15, 0.2) is 77.7 Å². The molecule has 0 unspecified atom stereocenters. The molecule has 2 atom stereocenters. The van der Waals surface area contributed by atoms with Crippen LogP contribution in [0.5, 0.6) is 5.75 Å². The van der Waals surface area contributed by atoms with Crippen LogP contribution in [0.4, 0.5) is 10.1 Å². The van der Waals surface area contributed by atoms with Crippen LogP contribution in [0.2, 0.25) is 0 Å². The van der Waals surface area contributed by atoms with Gasteiger partial charge in [-0.25, -0.2) is 12.8 Å². The third-order valence-corrected chi connectivity index (χ3v) is 8.67. The zero-order valence-corrected chi connectivity index (χ0v) is 24.9. The van der Waals surface area contributed by atoms with E-state index in [0.29, 0.717) is 18.8 Å². The van der Waals surface area contributed by atoms with E-state index < -0.39 is 34.3 Å². The first kappa shape index (κ1) is 31.6. The van der Waals surface area contributed by atoms with E-state index >= 15 is 0 Å². The maximum Gasteiger partial charge on any atom is 0.264 e. The normalized spacial score (nSPS) is 12.7. The highest BCUT2D eigenvalue weighted by molar-refractivity contribution is 7.92. The molecule has 0 aliphatic carbocycles. The lowest BCUT2D eigenvalue weighted by molar-refractivity contribution is -0.139. The average Bonchev–Trinajstić information content (AvgIpc) is 2.96. The molecular weight excluding hydrogens is 545 g/mol. The number of carbonyl (C=O) groups is 2. The minimum atomic E-state index is -4.27. The number of hydrogen-bond donors (Lipinski definition) is 1. The second kappa shape index (κ2) is 14.1. The number of sulfonamides is 1. The van der Waals surface area contributed by atoms with Crippen molar-refractivity contribution in [2.45, 2.75) is 64.6 Å². The molecule has 0 bridgehead atoms. The van der Waals surface area contributed by atoms with Crippen molar-refractivity contribution in [3.05, 3.63) is 89.7 Å². The summed E-state index contributed by atoms with van der Waals surface area (Å²) < 4.78 is 47.9. The Morgan fingerprint density at radius 3 is 2.17 bits per heavy atom. The van der Waals surface area contributed by atoms with Crippen LogP contribution < -0.4 is 14.4 Å². The van der Waals surface area contributed by atoms with Gasteiger partial charge in [-0.3, -0.25) is 13.9 Å². The summed E-state index contributed by atoms with van der Waals surface area (Å²) in [5.41, 5.74) is 1.87. The summed E-state index contributed by atoms with van der Waals surface area (Å²) in [5, 5.41) is 2.91. The van der Waals surface area contributed by atoms with E-state index in [-0.39, 0.29) is 29.1 Å². The van der Waals surface area contributed by atoms with Crippen LogP contribution in [-0.2, 0) is 26.2 Å². The van der Waals surface area contributed by atoms with Crippen LogP contribution >= 0.6 is 0 Å². The number of benzene rings is 3. The lowest BCUT2D eigenvalue weighted by Crippen LogP contribution is -2.52. The molecule has 3 aromatic rings. The van der Waals surface area contributed by atoms with E-state index in [9.17, 15) is 22.4 Å². The number of rotatable bonds is 13. The minimum Gasteiger partial charge on any atom is -0.494 e. The monoisotopic (exact) mass is 583 g/mol. The fourth-order valence-electron chi connectivity index (χ4n) is 4.16. The molecular formula is C31H38FN3O5S. The van der Waals surface area contributed by atoms with Crippen LogP contribution in [-0.4, -0.2) is 50.4 Å². The van der Waals surface area contributed by atoms with E-state index in [1.165, 1.54) is 41.3 Å². The Morgan fingerprint density at radius 1 is 0.951 bits per heavy atom. The van der Waals surface area contributed by atoms with E-state index in [4.69, 9.17) is 4.74 Å². The van der Waals surface area contributed by atoms with Crippen LogP contribution in [0.25, 0.3) is 0 Å². The Kier molecular flexibility index (Phi) is 10.9. The van der Waals surface area contributed by atoms with Gasteiger partial charge in [-0.1, -0.05) is 31.2 Å². The Labute approximate surface area is 242 Å². The first-order valence-corrected chi connectivity index (χ1v) is 15.1. The van der Waals surface area contributed by atoms with Gasteiger partial charge in [-0.05, 0) is 93.8 Å². The van der Waals surface area contributed by atoms with Gasteiger partial charge in [0.1, 0.15) is 24.2 Å². The van der Waals surface area contributed by atoms with Crippen molar-refractivity contribution in [3.8, 4) is 5.75 Å². The highest BCUT2D eigenvalue weighted by atomic mass is 32.2. The SMILES string of the molecule is CCOc1ccc(S(=O)(=O)N(CC(=O)N(Cc2ccccc2C)[C@@H](C)C(=O)N[C@@H](C)CC)c2ccc(F)cc2)cc1. The zero-order chi connectivity index (χ0) is 30.2. The molecule has 41 heavy (non-hydrogen) atoms. The van der Waals surface area contributed by atoms with Gasteiger partial charge in [0.05, 0.1) is 17.2 Å². The van der Waals surface area contributed by atoms with Gasteiger partial charge in [0, 0.05) is 12.6 Å². The number of nitrogens with zero attached hydrogens (tertiary/aromatic N) is 2. The number of carbonyl (C=O) groups excluding carboxylic acids is 2. The molecule has 2 amide bonds. The smallest absolute Gasteiger partial charge is 0.264 e. The summed E-state index contributed by atoms with van der Waals surface area (Å²) in [6.45, 7) is 9.08. The summed E-state index contributed by atoms with van der Waals surface area (Å²) >= 11 is 0. The second-order valence-electron chi connectivity index (χ2n) is 9.83. The van der Waals surface area contributed by atoms with Gasteiger partial charge >= 0.3 is 0 Å². The number of anilines is 1. The topological polar surface area (TPSA) is 96.0 Å². The molecule has 3 aromatic carbocycles. The third kappa shape index (κ3) is 8.07. The Morgan fingerprint density at radius 2 is 1.59 bits per heavy atom. The molecule has 8 nitrogen and oxygen atoms in total. The van der Waals surface area contributed by atoms with Crippen LogP contribution in [0.3, 0.4) is 0 Å². The summed E-state index contributed by atoms with van der Waals surface area (Å²) in [7, 11) is -4.27. The summed E-state index contributed by atoms with van der Waals surface area (Å²) in [5.74, 6) is -0.973. The first-order valence-electron chi connectivity index (χ1n) is 13.6. The molecule has 0 aliphatic heterocycles. The molecule has 3 rings (SSSR count). The largest absolute Gasteiger partial charge is 0.494 e. The Bertz CT molecular complexity index is 1430. The standard InChI is InChI=1S/C31H38FN3O5S/c1-6-23(4)33-31(37)24(5)34(20-25-11-9-8-10-22(25)3)30(36)21-35(27-14-12-26(32)13-15-27)41(38,39)29-18-16-28(17-19-29)40-7-2/h8-19,23-24H,6-7,20-21H2,1-5H3,(H,33,37)/t23-,24-/m0/s1. The molecule has 0 radical (unpaired) electrons. The predicted molar refractivity (Wildman–Crippen MR) is 158 cm³/mol. The number of ether oxygens (including phenoxy) is 1. The highest BCUT2D eigenvalue weighted by Gasteiger charge is 2.33. The van der Waals surface area contributed by atoms with Crippen molar-refractivity contribution in [2.75, 3.05) is 17.5 Å². The minimum absolute atomic E-state index is 0.0638. The molecule has 0 saturated carbocycles. The van der Waals surface area contributed by atoms with Gasteiger partial charge in [-0.2, -0.15) is 0 Å². The first-order chi connectivity index (χ1) is 19.5. The van der Waals surface area contributed by atoms with Gasteiger partial charge < -0.3 is 15.0 Å². The number of nitrogens with one attached hydrogen (secondary N) is 1. The van der Waals surface area contributed by atoms with Gasteiger partial charge in [0.2, 0.25) is 11.8 Å². The van der Waals surface area contributed by atoms with E-state index in [0.717, 1.165) is 27.6 Å². The number of amides is 2. The van der Waals surface area contributed by atoms with E-state index in [1.54, 1.807) is 6.92 Å². The number of halogens is 1. The van der Waals surface area contributed by atoms with Gasteiger partial charge in [-0.15, -0.1) is 0 Å². The molecule has 220 valence electrons. The maximum absolute atomic E-state index is 14.0. The molecule has 0 spiro atoms. The molecule has 1 N–H and O–H groups in total. The van der Waals surface area contributed by atoms with Crippen molar-refractivity contribution < 1.29 is 27.1 Å². The van der Waals surface area contributed by atoms with Gasteiger partial charge in [0.15, 0.2) is 0 Å². The predicted octanol–water partition coefficient (Wildman–Crippen LogP) is 5.06. The third-order valence-electron chi connectivity index (χ3n) is 6.89. The van der Waals surface area contributed by atoms with Crippen molar-refractivity contribution in [3.63, 3.8) is 0 Å². The number of hydrogen-bond acceptors (Lipinski definition) is 5. The fraction of sp³-hybridized carbons (Fsp3) is 0.355. The summed E-state index contributed by atoms with van der Waals surface area (Å²) in [6.07, 6.45) is 0.711. The molecule has 0 aromatic heterocycles. The summed E-state index contributed by atoms with van der Waals surface area (Å²) in [4.78, 5) is 28.4. The molecule has 0 saturated heterocycles. The molecule has 0 heterocycles. The van der Waals surface area contributed by atoms with Gasteiger partial charge in [0.25, 0.3) is 10.0 Å². The highest BCUT2D eigenvalue weighted by Crippen LogP contribution is 2.26. The molecule has 0 aliphatic rings. The summed E-state index contributed by atoms with van der Waals surface area (Å²) in [6, 6.07) is 17.2. The quantitative estimate of drug-likeness (QED) is 0.304. The van der Waals surface area contributed by atoms with Crippen LogP contribution in [0.1, 0.15) is 45.2 Å². The zero-order valence-electron chi connectivity index (χ0n) is 24.1. The fourth-order valence-corrected chi connectivity index (χ4v) is 5.57. The molecule has 10 heteroatoms. The van der Waals surface area contributed by atoms with Crippen molar-refractivity contribution in [1.82, 2.24) is 10.2 Å². The second-order valence-corrected chi connectivity index (χ2v) is 11.7. The van der Waals surface area contributed by atoms with Crippen molar-refractivity contribution >= 4 is 27.5 Å². The van der Waals surface area contributed by atoms with Crippen molar-refractivity contribution in [1.29, 1.82) is 0 Å². The average molecular weight is 584 g/mol. The molecule has 0 fully saturated rings. The lowest BCUT2D eigenvalue weighted by Gasteiger charge is -2.32. The van der Waals surface area contributed by atoms with Crippen molar-refractivity contribution in [2.24, 2.45) is 0 Å². The van der Waals surface area contributed by atoms with E-state index in [1.807, 2.05) is 52.0 Å². The van der Waals surface area contributed by atoms with E-state index in [2.05, 4.69) is 5.32 Å². The lowest BCUT2D eigenvalue weighted by atomic mass is 10.1. The Balaban J connectivity index is 2.02.